The van der Waals surface area contributed by atoms with Crippen molar-refractivity contribution in [3.8, 4) is 6.07 Å². The Kier molecular flexibility index (Phi) is 3.79. The summed E-state index contributed by atoms with van der Waals surface area (Å²) in [5.41, 5.74) is 1.29. The molecule has 19 heavy (non-hydrogen) atoms. The smallest absolute Gasteiger partial charge is 0.258 e. The third-order valence-electron chi connectivity index (χ3n) is 2.77. The third-order valence-corrected chi connectivity index (χ3v) is 3.10. The van der Waals surface area contributed by atoms with Crippen LogP contribution in [0.5, 0.6) is 0 Å². The lowest BCUT2D eigenvalue weighted by atomic mass is 9.92. The minimum absolute atomic E-state index is 0.0847. The van der Waals surface area contributed by atoms with Crippen molar-refractivity contribution in [2.45, 2.75) is 5.92 Å². The normalized spacial score (nSPS) is 11.6. The van der Waals surface area contributed by atoms with Crippen LogP contribution in [0.1, 0.15) is 17.0 Å². The molecule has 0 saturated heterocycles. The molecule has 0 heterocycles. The molecular formula is C14H9ClN2O2. The number of non-ortho nitro benzene ring substituents is 1. The molecule has 0 radical (unpaired) electrons. The summed E-state index contributed by atoms with van der Waals surface area (Å²) in [5, 5.41) is 20.2. The summed E-state index contributed by atoms with van der Waals surface area (Å²) < 4.78 is 0. The van der Waals surface area contributed by atoms with Crippen LogP contribution in [0.4, 0.5) is 5.69 Å². The minimum atomic E-state index is -0.533. The minimum Gasteiger partial charge on any atom is -0.258 e. The predicted molar refractivity (Wildman–Crippen MR) is 72.0 cm³/mol. The van der Waals surface area contributed by atoms with E-state index in [9.17, 15) is 15.4 Å². The number of hydrogen-bond acceptors (Lipinski definition) is 3. The van der Waals surface area contributed by atoms with Crippen LogP contribution in [-0.2, 0) is 0 Å². The van der Waals surface area contributed by atoms with E-state index in [0.717, 1.165) is 5.56 Å². The van der Waals surface area contributed by atoms with Gasteiger partial charge in [-0.3, -0.25) is 10.1 Å². The van der Waals surface area contributed by atoms with Gasteiger partial charge in [-0.15, -0.1) is 0 Å². The van der Waals surface area contributed by atoms with Crippen LogP contribution in [0.3, 0.4) is 0 Å². The second-order valence-corrected chi connectivity index (χ2v) is 4.34. The Balaban J connectivity index is 2.46. The quantitative estimate of drug-likeness (QED) is 0.628. The van der Waals surface area contributed by atoms with Crippen molar-refractivity contribution in [2.75, 3.05) is 0 Å². The Bertz CT molecular complexity index is 650. The standard InChI is InChI=1S/C14H9ClN2O2/c15-14-8-11(17(18)19)6-7-12(14)13(9-16)10-4-2-1-3-5-10/h1-8,13H/t13-/m0/s1. The molecule has 1 atom stereocenters. The molecule has 0 amide bonds. The molecule has 0 bridgehead atoms. The van der Waals surface area contributed by atoms with E-state index >= 15 is 0 Å². The summed E-state index contributed by atoms with van der Waals surface area (Å²) in [5.74, 6) is -0.533. The first kappa shape index (κ1) is 13.1. The molecule has 0 unspecified atom stereocenters. The number of nitrogens with zero attached hydrogens (tertiary/aromatic N) is 2. The van der Waals surface area contributed by atoms with Crippen LogP contribution < -0.4 is 0 Å². The second kappa shape index (κ2) is 5.51. The number of nitro groups is 1. The van der Waals surface area contributed by atoms with Crippen molar-refractivity contribution in [2.24, 2.45) is 0 Å². The largest absolute Gasteiger partial charge is 0.270 e. The summed E-state index contributed by atoms with van der Waals surface area (Å²) in [4.78, 5) is 10.1. The van der Waals surface area contributed by atoms with E-state index < -0.39 is 10.8 Å². The molecule has 2 aromatic carbocycles. The van der Waals surface area contributed by atoms with Gasteiger partial charge in [0.25, 0.3) is 5.69 Å². The maximum atomic E-state index is 10.7. The van der Waals surface area contributed by atoms with Crippen molar-refractivity contribution in [3.05, 3.63) is 74.8 Å². The zero-order valence-corrected chi connectivity index (χ0v) is 10.5. The van der Waals surface area contributed by atoms with Crippen molar-refractivity contribution < 1.29 is 4.92 Å². The lowest BCUT2D eigenvalue weighted by Crippen LogP contribution is -1.99. The van der Waals surface area contributed by atoms with Gasteiger partial charge in [0.1, 0.15) is 0 Å². The number of halogens is 1. The summed E-state index contributed by atoms with van der Waals surface area (Å²) in [7, 11) is 0. The van der Waals surface area contributed by atoms with Crippen LogP contribution in [-0.4, -0.2) is 4.92 Å². The Morgan fingerprint density at radius 1 is 1.21 bits per heavy atom. The summed E-state index contributed by atoms with van der Waals surface area (Å²) >= 11 is 6.04. The van der Waals surface area contributed by atoms with Gasteiger partial charge in [-0.25, -0.2) is 0 Å². The Labute approximate surface area is 115 Å². The van der Waals surface area contributed by atoms with Gasteiger partial charge in [-0.2, -0.15) is 5.26 Å². The highest BCUT2D eigenvalue weighted by Crippen LogP contribution is 2.32. The first-order valence-electron chi connectivity index (χ1n) is 5.52. The van der Waals surface area contributed by atoms with E-state index in [2.05, 4.69) is 6.07 Å². The van der Waals surface area contributed by atoms with Crippen molar-refractivity contribution >= 4 is 17.3 Å². The number of nitro benzene ring substituents is 1. The monoisotopic (exact) mass is 272 g/mol. The summed E-state index contributed by atoms with van der Waals surface area (Å²) in [6.45, 7) is 0. The second-order valence-electron chi connectivity index (χ2n) is 3.94. The van der Waals surface area contributed by atoms with Gasteiger partial charge in [-0.05, 0) is 17.2 Å². The Hall–Kier alpha value is -2.38. The summed E-state index contributed by atoms with van der Waals surface area (Å²) in [6.07, 6.45) is 0. The highest BCUT2D eigenvalue weighted by atomic mass is 35.5. The number of rotatable bonds is 3. The van der Waals surface area contributed by atoms with Crippen molar-refractivity contribution in [1.29, 1.82) is 5.26 Å². The van der Waals surface area contributed by atoms with Gasteiger partial charge in [-0.1, -0.05) is 41.9 Å². The molecule has 4 nitrogen and oxygen atoms in total. The maximum Gasteiger partial charge on any atom is 0.270 e. The molecule has 0 N–H and O–H groups in total. The number of nitriles is 1. The molecule has 5 heteroatoms. The van der Waals surface area contributed by atoms with Crippen LogP contribution >= 0.6 is 11.6 Å². The van der Waals surface area contributed by atoms with E-state index in [1.54, 1.807) is 0 Å². The molecule has 2 aromatic rings. The van der Waals surface area contributed by atoms with Crippen LogP contribution in [0.25, 0.3) is 0 Å². The maximum absolute atomic E-state index is 10.7. The van der Waals surface area contributed by atoms with E-state index in [4.69, 9.17) is 11.6 Å². The predicted octanol–water partition coefficient (Wildman–Crippen LogP) is 3.90. The average molecular weight is 273 g/mol. The topological polar surface area (TPSA) is 66.9 Å². The highest BCUT2D eigenvalue weighted by Gasteiger charge is 2.18. The lowest BCUT2D eigenvalue weighted by Gasteiger charge is -2.11. The molecule has 0 aliphatic carbocycles. The molecule has 0 aliphatic rings. The van der Waals surface area contributed by atoms with Crippen LogP contribution in [0.2, 0.25) is 5.02 Å². The van der Waals surface area contributed by atoms with Crippen molar-refractivity contribution in [3.63, 3.8) is 0 Å². The molecular weight excluding hydrogens is 264 g/mol. The highest BCUT2D eigenvalue weighted by molar-refractivity contribution is 6.31. The zero-order valence-electron chi connectivity index (χ0n) is 9.79. The fraction of sp³-hybridized carbons (Fsp3) is 0.0714. The van der Waals surface area contributed by atoms with Crippen LogP contribution in [0, 0.1) is 21.4 Å². The SMILES string of the molecule is N#C[C@@H](c1ccccc1)c1ccc([N+](=O)[O-])cc1Cl. The Morgan fingerprint density at radius 2 is 1.89 bits per heavy atom. The van der Waals surface area contributed by atoms with Crippen LogP contribution in [0.15, 0.2) is 48.5 Å². The van der Waals surface area contributed by atoms with E-state index in [0.29, 0.717) is 5.56 Å². The molecule has 0 aromatic heterocycles. The Morgan fingerprint density at radius 3 is 2.42 bits per heavy atom. The molecule has 94 valence electrons. The van der Waals surface area contributed by atoms with Gasteiger partial charge < -0.3 is 0 Å². The van der Waals surface area contributed by atoms with E-state index in [-0.39, 0.29) is 10.7 Å². The molecule has 2 rings (SSSR count). The lowest BCUT2D eigenvalue weighted by molar-refractivity contribution is -0.384. The molecule has 0 fully saturated rings. The van der Waals surface area contributed by atoms with Crippen molar-refractivity contribution in [1.82, 2.24) is 0 Å². The fourth-order valence-electron chi connectivity index (χ4n) is 1.83. The fourth-order valence-corrected chi connectivity index (χ4v) is 2.12. The summed E-state index contributed by atoms with van der Waals surface area (Å²) in [6, 6.07) is 15.5. The molecule has 0 saturated carbocycles. The van der Waals surface area contributed by atoms with Gasteiger partial charge in [0.05, 0.1) is 21.9 Å². The van der Waals surface area contributed by atoms with Gasteiger partial charge >= 0.3 is 0 Å². The third kappa shape index (κ3) is 2.72. The number of hydrogen-bond donors (Lipinski definition) is 0. The number of benzene rings is 2. The van der Waals surface area contributed by atoms with Gasteiger partial charge in [0.2, 0.25) is 0 Å². The average Bonchev–Trinajstić information content (AvgIpc) is 2.42. The van der Waals surface area contributed by atoms with E-state index in [1.165, 1.54) is 18.2 Å². The van der Waals surface area contributed by atoms with Gasteiger partial charge in [0, 0.05) is 12.1 Å². The first-order valence-corrected chi connectivity index (χ1v) is 5.89. The first-order chi connectivity index (χ1) is 9.13. The van der Waals surface area contributed by atoms with Gasteiger partial charge in [0.15, 0.2) is 0 Å². The van der Waals surface area contributed by atoms with E-state index in [1.807, 2.05) is 30.3 Å². The molecule has 0 spiro atoms. The zero-order chi connectivity index (χ0) is 13.8. The molecule has 0 aliphatic heterocycles.